The number of benzene rings is 3. The third-order valence-electron chi connectivity index (χ3n) is 4.98. The lowest BCUT2D eigenvalue weighted by molar-refractivity contribution is -0.119. The number of amides is 1. The third kappa shape index (κ3) is 3.82. The normalized spacial score (nSPS) is 16.2. The Morgan fingerprint density at radius 1 is 0.966 bits per heavy atom. The van der Waals surface area contributed by atoms with Crippen LogP contribution in [0.15, 0.2) is 71.7 Å². The van der Waals surface area contributed by atoms with Crippen LogP contribution in [0.5, 0.6) is 11.5 Å². The van der Waals surface area contributed by atoms with Crippen molar-refractivity contribution in [2.24, 2.45) is 4.99 Å². The molecule has 1 amide bonds. The summed E-state index contributed by atoms with van der Waals surface area (Å²) < 4.78 is 0. The van der Waals surface area contributed by atoms with E-state index in [2.05, 4.69) is 0 Å². The molecule has 1 aliphatic heterocycles. The minimum Gasteiger partial charge on any atom is -0.508 e. The van der Waals surface area contributed by atoms with E-state index in [9.17, 15) is 15.0 Å². The highest BCUT2D eigenvalue weighted by atomic mass is 35.5. The molecular weight excluding hydrogens is 388 g/mol. The van der Waals surface area contributed by atoms with Crippen molar-refractivity contribution < 1.29 is 15.0 Å². The fourth-order valence-electron chi connectivity index (χ4n) is 3.45. The van der Waals surface area contributed by atoms with E-state index in [0.717, 1.165) is 22.4 Å². The van der Waals surface area contributed by atoms with Crippen molar-refractivity contribution >= 4 is 28.9 Å². The molecule has 6 heteroatoms. The Bertz CT molecular complexity index is 1090. The second-order valence-corrected chi connectivity index (χ2v) is 7.41. The Morgan fingerprint density at radius 3 is 2.24 bits per heavy atom. The van der Waals surface area contributed by atoms with E-state index in [0.29, 0.717) is 17.2 Å². The molecule has 4 rings (SSSR count). The number of phenolic OH excluding ortho intramolecular Hbond substituents is 2. The van der Waals surface area contributed by atoms with Gasteiger partial charge in [-0.15, -0.1) is 0 Å². The lowest BCUT2D eigenvalue weighted by atomic mass is 10.00. The summed E-state index contributed by atoms with van der Waals surface area (Å²) in [6, 6.07) is 18.2. The summed E-state index contributed by atoms with van der Waals surface area (Å²) in [5, 5.41) is 19.7. The number of phenols is 2. The summed E-state index contributed by atoms with van der Waals surface area (Å²) in [7, 11) is 1.73. The van der Waals surface area contributed by atoms with Crippen molar-refractivity contribution in [3.63, 3.8) is 0 Å². The molecule has 0 aliphatic carbocycles. The number of hydrogen-bond acceptors (Lipinski definition) is 4. The van der Waals surface area contributed by atoms with Gasteiger partial charge in [0.2, 0.25) is 0 Å². The zero-order chi connectivity index (χ0) is 20.5. The molecule has 3 aromatic carbocycles. The number of rotatable bonds is 3. The number of likely N-dealkylation sites (N-methyl/N-ethyl adjacent to an activating group) is 1. The van der Waals surface area contributed by atoms with Crippen molar-refractivity contribution in [1.82, 2.24) is 0 Å². The Kier molecular flexibility index (Phi) is 4.99. The molecule has 0 spiro atoms. The molecule has 0 fully saturated rings. The third-order valence-corrected chi connectivity index (χ3v) is 5.22. The monoisotopic (exact) mass is 406 g/mol. The van der Waals surface area contributed by atoms with E-state index >= 15 is 0 Å². The molecule has 0 aromatic heterocycles. The summed E-state index contributed by atoms with van der Waals surface area (Å²) in [5.74, 6) is 0.201. The topological polar surface area (TPSA) is 73.1 Å². The van der Waals surface area contributed by atoms with Gasteiger partial charge in [-0.05, 0) is 60.2 Å². The van der Waals surface area contributed by atoms with Crippen LogP contribution in [0.1, 0.15) is 16.7 Å². The maximum atomic E-state index is 13.2. The van der Waals surface area contributed by atoms with Gasteiger partial charge >= 0.3 is 0 Å². The van der Waals surface area contributed by atoms with Crippen LogP contribution in [0, 0.1) is 0 Å². The van der Waals surface area contributed by atoms with Gasteiger partial charge < -0.3 is 15.1 Å². The molecule has 1 aliphatic rings. The van der Waals surface area contributed by atoms with Gasteiger partial charge in [-0.3, -0.25) is 9.79 Å². The largest absolute Gasteiger partial charge is 0.508 e. The summed E-state index contributed by atoms with van der Waals surface area (Å²) in [6.07, 6.45) is 0.396. The number of benzodiazepines with no additional fused rings is 1. The van der Waals surface area contributed by atoms with E-state index in [-0.39, 0.29) is 17.4 Å². The van der Waals surface area contributed by atoms with E-state index < -0.39 is 6.04 Å². The van der Waals surface area contributed by atoms with Crippen LogP contribution in [0.4, 0.5) is 5.69 Å². The number of carbonyl (C=O) groups is 1. The first-order valence-electron chi connectivity index (χ1n) is 9.15. The average Bonchev–Trinajstić information content (AvgIpc) is 2.81. The Balaban J connectivity index is 1.85. The molecule has 3 aromatic rings. The van der Waals surface area contributed by atoms with Gasteiger partial charge in [-0.1, -0.05) is 23.7 Å². The van der Waals surface area contributed by atoms with Gasteiger partial charge in [0.05, 0.1) is 11.4 Å². The number of hydrogen-bond donors (Lipinski definition) is 2. The maximum absolute atomic E-state index is 13.2. The molecule has 29 heavy (non-hydrogen) atoms. The van der Waals surface area contributed by atoms with Gasteiger partial charge in [0.1, 0.15) is 17.5 Å². The summed E-state index contributed by atoms with van der Waals surface area (Å²) in [6.45, 7) is 0. The highest BCUT2D eigenvalue weighted by molar-refractivity contribution is 6.32. The first-order valence-corrected chi connectivity index (χ1v) is 9.53. The number of aliphatic imine (C=N–C) groups is 1. The summed E-state index contributed by atoms with van der Waals surface area (Å²) >= 11 is 6.25. The zero-order valence-corrected chi connectivity index (χ0v) is 16.5. The van der Waals surface area contributed by atoms with Crippen LogP contribution in [0.3, 0.4) is 0 Å². The molecular formula is C23H19ClN2O3. The lowest BCUT2D eigenvalue weighted by Crippen LogP contribution is -2.36. The van der Waals surface area contributed by atoms with Crippen molar-refractivity contribution in [1.29, 1.82) is 0 Å². The number of fused-ring (bicyclic) bond motifs is 1. The molecule has 1 atom stereocenters. The molecule has 1 unspecified atom stereocenters. The number of anilines is 1. The number of aromatic hydroxyl groups is 2. The van der Waals surface area contributed by atoms with Crippen molar-refractivity contribution in [3.8, 4) is 11.5 Å². The van der Waals surface area contributed by atoms with Crippen LogP contribution in [0.2, 0.25) is 5.02 Å². The number of halogens is 1. The Labute approximate surface area is 173 Å². The van der Waals surface area contributed by atoms with Crippen molar-refractivity contribution in [2.75, 3.05) is 11.9 Å². The average molecular weight is 407 g/mol. The number of nitrogens with zero attached hydrogens (tertiary/aromatic N) is 2. The SMILES string of the molecule is CN1C(=O)C(Cc2ccc(O)cc2)N=C(c2ccc(O)cc2)c2cc(Cl)ccc21. The van der Waals surface area contributed by atoms with Gasteiger partial charge in [-0.25, -0.2) is 0 Å². The smallest absolute Gasteiger partial charge is 0.251 e. The van der Waals surface area contributed by atoms with Crippen LogP contribution in [-0.4, -0.2) is 34.9 Å². The zero-order valence-electron chi connectivity index (χ0n) is 15.7. The second-order valence-electron chi connectivity index (χ2n) is 6.97. The van der Waals surface area contributed by atoms with Crippen LogP contribution in [0.25, 0.3) is 0 Å². The van der Waals surface area contributed by atoms with Crippen molar-refractivity contribution in [2.45, 2.75) is 12.5 Å². The maximum Gasteiger partial charge on any atom is 0.251 e. The molecule has 0 radical (unpaired) electrons. The molecule has 2 N–H and O–H groups in total. The predicted molar refractivity (Wildman–Crippen MR) is 114 cm³/mol. The fraction of sp³-hybridized carbons (Fsp3) is 0.130. The molecule has 0 bridgehead atoms. The van der Waals surface area contributed by atoms with Gasteiger partial charge in [0.15, 0.2) is 0 Å². The van der Waals surface area contributed by atoms with Crippen molar-refractivity contribution in [3.05, 3.63) is 88.4 Å². The predicted octanol–water partition coefficient (Wildman–Crippen LogP) is 4.18. The highest BCUT2D eigenvalue weighted by Crippen LogP contribution is 2.31. The lowest BCUT2D eigenvalue weighted by Gasteiger charge is -2.20. The van der Waals surface area contributed by atoms with Crippen LogP contribution >= 0.6 is 11.6 Å². The molecule has 146 valence electrons. The Morgan fingerprint density at radius 2 is 1.59 bits per heavy atom. The molecule has 0 saturated heterocycles. The minimum absolute atomic E-state index is 0.129. The van der Waals surface area contributed by atoms with Crippen LogP contribution < -0.4 is 4.90 Å². The van der Waals surface area contributed by atoms with E-state index in [4.69, 9.17) is 16.6 Å². The molecule has 5 nitrogen and oxygen atoms in total. The minimum atomic E-state index is -0.639. The van der Waals surface area contributed by atoms with E-state index in [1.54, 1.807) is 72.6 Å². The summed E-state index contributed by atoms with van der Waals surface area (Å²) in [4.78, 5) is 19.6. The quantitative estimate of drug-likeness (QED) is 0.685. The first kappa shape index (κ1) is 19.0. The molecule has 0 saturated carbocycles. The van der Waals surface area contributed by atoms with Crippen LogP contribution in [-0.2, 0) is 11.2 Å². The summed E-state index contributed by atoms with van der Waals surface area (Å²) in [5.41, 5.74) is 3.80. The fourth-order valence-corrected chi connectivity index (χ4v) is 3.62. The van der Waals surface area contributed by atoms with E-state index in [1.807, 2.05) is 6.07 Å². The highest BCUT2D eigenvalue weighted by Gasteiger charge is 2.30. The second kappa shape index (κ2) is 7.60. The first-order chi connectivity index (χ1) is 13.9. The van der Waals surface area contributed by atoms with Gasteiger partial charge in [-0.2, -0.15) is 0 Å². The van der Waals surface area contributed by atoms with E-state index in [1.165, 1.54) is 0 Å². The Hall–Kier alpha value is -3.31. The number of carbonyl (C=O) groups excluding carboxylic acids is 1. The van der Waals surface area contributed by atoms with Gasteiger partial charge in [0, 0.05) is 29.6 Å². The van der Waals surface area contributed by atoms with Gasteiger partial charge in [0.25, 0.3) is 5.91 Å². The standard InChI is InChI=1S/C23H19ClN2O3/c1-26-21-11-6-16(24)13-19(21)22(15-4-9-18(28)10-5-15)25-20(23(26)29)12-14-2-7-17(27)8-3-14/h2-11,13,20,27-28H,12H2,1H3. The molecule has 1 heterocycles.